The molecule has 0 radical (unpaired) electrons. The first kappa shape index (κ1) is 20.2. The highest BCUT2D eigenvalue weighted by atomic mass is 16.5. The Balaban J connectivity index is 1.41. The first-order valence-electron chi connectivity index (χ1n) is 10.2. The maximum atomic E-state index is 12.0. The average Bonchev–Trinajstić information content (AvgIpc) is 3.39. The second-order valence-corrected chi connectivity index (χ2v) is 7.48. The topological polar surface area (TPSA) is 64.8 Å². The number of carbonyl (C=O) groups is 1. The number of hydrogen-bond donors (Lipinski definition) is 0. The summed E-state index contributed by atoms with van der Waals surface area (Å²) >= 11 is 0. The third kappa shape index (κ3) is 4.54. The molecule has 0 aliphatic carbocycles. The molecule has 0 saturated carbocycles. The van der Waals surface area contributed by atoms with Crippen molar-refractivity contribution in [3.63, 3.8) is 0 Å². The summed E-state index contributed by atoms with van der Waals surface area (Å²) in [5, 5.41) is 0. The number of ether oxygens (including phenoxy) is 2. The van der Waals surface area contributed by atoms with Crippen molar-refractivity contribution in [3.05, 3.63) is 71.6 Å². The van der Waals surface area contributed by atoms with Crippen LogP contribution >= 0.6 is 0 Å². The Hall–Kier alpha value is -3.12. The molecule has 4 rings (SSSR count). The van der Waals surface area contributed by atoms with Crippen molar-refractivity contribution in [2.45, 2.75) is 39.0 Å². The Bertz CT molecular complexity index is 999. The van der Waals surface area contributed by atoms with Crippen LogP contribution in [0.1, 0.15) is 29.9 Å². The minimum Gasteiger partial charge on any atom is -0.487 e. The fourth-order valence-electron chi connectivity index (χ4n) is 3.80. The Morgan fingerprint density at radius 1 is 1.20 bits per heavy atom. The van der Waals surface area contributed by atoms with E-state index in [0.717, 1.165) is 47.7 Å². The highest BCUT2D eigenvalue weighted by Gasteiger charge is 2.31. The van der Waals surface area contributed by atoms with Gasteiger partial charge < -0.3 is 13.9 Å². The second kappa shape index (κ2) is 9.13. The molecule has 0 amide bonds. The van der Waals surface area contributed by atoms with Crippen molar-refractivity contribution in [2.24, 2.45) is 0 Å². The van der Waals surface area contributed by atoms with E-state index in [9.17, 15) is 4.79 Å². The predicted molar refractivity (Wildman–Crippen MR) is 113 cm³/mol. The zero-order valence-electron chi connectivity index (χ0n) is 17.3. The fraction of sp³-hybridized carbons (Fsp3) is 0.333. The lowest BCUT2D eigenvalue weighted by Gasteiger charge is -2.22. The number of hydrogen-bond acceptors (Lipinski definition) is 6. The number of methoxy groups -OCH3 is 1. The molecule has 1 aliphatic rings. The van der Waals surface area contributed by atoms with Crippen LogP contribution in [-0.2, 0) is 22.7 Å². The van der Waals surface area contributed by atoms with E-state index in [1.54, 1.807) is 0 Å². The van der Waals surface area contributed by atoms with Gasteiger partial charge >= 0.3 is 5.97 Å². The van der Waals surface area contributed by atoms with Crippen molar-refractivity contribution >= 4 is 5.97 Å². The van der Waals surface area contributed by atoms with Gasteiger partial charge in [0.1, 0.15) is 29.9 Å². The smallest absolute Gasteiger partial charge is 0.323 e. The van der Waals surface area contributed by atoms with Crippen LogP contribution in [0.25, 0.3) is 11.5 Å². The Labute approximate surface area is 176 Å². The van der Waals surface area contributed by atoms with Crippen LogP contribution in [-0.4, -0.2) is 35.5 Å². The maximum absolute atomic E-state index is 12.0. The van der Waals surface area contributed by atoms with Gasteiger partial charge in [-0.15, -0.1) is 0 Å². The zero-order valence-corrected chi connectivity index (χ0v) is 17.3. The van der Waals surface area contributed by atoms with Crippen molar-refractivity contribution < 1.29 is 18.7 Å². The average molecular weight is 406 g/mol. The third-order valence-corrected chi connectivity index (χ3v) is 5.41. The minimum absolute atomic E-state index is 0.157. The van der Waals surface area contributed by atoms with Gasteiger partial charge in [-0.3, -0.25) is 9.69 Å². The molecule has 156 valence electrons. The van der Waals surface area contributed by atoms with Crippen molar-refractivity contribution in [1.82, 2.24) is 9.88 Å². The summed E-state index contributed by atoms with van der Waals surface area (Å²) in [6.45, 7) is 3.82. The van der Waals surface area contributed by atoms with Gasteiger partial charge in [-0.1, -0.05) is 30.3 Å². The lowest BCUT2D eigenvalue weighted by molar-refractivity contribution is -0.146. The molecule has 0 spiro atoms. The summed E-state index contributed by atoms with van der Waals surface area (Å²) in [5.41, 5.74) is 2.83. The van der Waals surface area contributed by atoms with E-state index in [1.807, 2.05) is 61.5 Å². The number of oxazole rings is 1. The van der Waals surface area contributed by atoms with Crippen LogP contribution in [0.3, 0.4) is 0 Å². The number of aryl methyl sites for hydroxylation is 1. The number of esters is 1. The first-order valence-corrected chi connectivity index (χ1v) is 10.2. The van der Waals surface area contributed by atoms with Gasteiger partial charge in [0.25, 0.3) is 0 Å². The van der Waals surface area contributed by atoms with E-state index in [2.05, 4.69) is 9.88 Å². The molecule has 1 fully saturated rings. The van der Waals surface area contributed by atoms with Gasteiger partial charge in [-0.05, 0) is 56.1 Å². The highest BCUT2D eigenvalue weighted by molar-refractivity contribution is 5.76. The molecule has 6 heteroatoms. The van der Waals surface area contributed by atoms with Crippen LogP contribution < -0.4 is 4.74 Å². The van der Waals surface area contributed by atoms with Gasteiger partial charge in [-0.25, -0.2) is 4.98 Å². The molecule has 0 N–H and O–H groups in total. The molecule has 1 saturated heterocycles. The van der Waals surface area contributed by atoms with E-state index in [4.69, 9.17) is 13.9 Å². The van der Waals surface area contributed by atoms with E-state index in [0.29, 0.717) is 19.0 Å². The number of benzene rings is 2. The van der Waals surface area contributed by atoms with Gasteiger partial charge in [0, 0.05) is 12.1 Å². The molecular formula is C24H26N2O4. The molecule has 1 aliphatic heterocycles. The number of likely N-dealkylation sites (tertiary alicyclic amines) is 1. The van der Waals surface area contributed by atoms with Crippen molar-refractivity contribution in [2.75, 3.05) is 13.7 Å². The Kier molecular flexibility index (Phi) is 6.14. The second-order valence-electron chi connectivity index (χ2n) is 7.48. The standard InChI is InChI=1S/C24H26N2O4/c1-17-21(25-23(30-17)19-9-4-3-5-10-19)16-29-20-11-6-8-18(14-20)15-26-13-7-12-22(26)24(27)28-2/h3-6,8-11,14,22H,7,12-13,15-16H2,1-2H3. The number of nitrogens with zero attached hydrogens (tertiary/aromatic N) is 2. The number of aromatic nitrogens is 1. The largest absolute Gasteiger partial charge is 0.487 e. The molecule has 2 aromatic carbocycles. The monoisotopic (exact) mass is 406 g/mol. The molecule has 1 atom stereocenters. The van der Waals surface area contributed by atoms with Crippen molar-refractivity contribution in [3.8, 4) is 17.2 Å². The van der Waals surface area contributed by atoms with E-state index < -0.39 is 0 Å². The maximum Gasteiger partial charge on any atom is 0.323 e. The van der Waals surface area contributed by atoms with E-state index >= 15 is 0 Å². The van der Waals surface area contributed by atoms with Crippen molar-refractivity contribution in [1.29, 1.82) is 0 Å². The van der Waals surface area contributed by atoms with Crippen LogP contribution in [0, 0.1) is 6.92 Å². The van der Waals surface area contributed by atoms with Gasteiger partial charge in [0.05, 0.1) is 7.11 Å². The molecule has 6 nitrogen and oxygen atoms in total. The third-order valence-electron chi connectivity index (χ3n) is 5.41. The molecule has 3 aromatic rings. The summed E-state index contributed by atoms with van der Waals surface area (Å²) in [6.07, 6.45) is 1.85. The molecule has 1 aromatic heterocycles. The lowest BCUT2D eigenvalue weighted by atomic mass is 10.1. The SMILES string of the molecule is COC(=O)C1CCCN1Cc1cccc(OCc2nc(-c3ccccc3)oc2C)c1. The summed E-state index contributed by atoms with van der Waals surface area (Å²) in [7, 11) is 1.45. The number of carbonyl (C=O) groups excluding carboxylic acids is 1. The molecule has 30 heavy (non-hydrogen) atoms. The zero-order chi connectivity index (χ0) is 20.9. The summed E-state index contributed by atoms with van der Waals surface area (Å²) < 4.78 is 16.7. The van der Waals surface area contributed by atoms with Crippen LogP contribution in [0.2, 0.25) is 0 Å². The van der Waals surface area contributed by atoms with Gasteiger partial charge in [0.2, 0.25) is 5.89 Å². The summed E-state index contributed by atoms with van der Waals surface area (Å²) in [4.78, 5) is 18.7. The highest BCUT2D eigenvalue weighted by Crippen LogP contribution is 2.25. The molecule has 0 bridgehead atoms. The summed E-state index contributed by atoms with van der Waals surface area (Å²) in [5.74, 6) is 1.96. The first-order chi connectivity index (χ1) is 14.6. The quantitative estimate of drug-likeness (QED) is 0.543. The fourth-order valence-corrected chi connectivity index (χ4v) is 3.80. The van der Waals surface area contributed by atoms with Gasteiger partial charge in [-0.2, -0.15) is 0 Å². The molecular weight excluding hydrogens is 380 g/mol. The van der Waals surface area contributed by atoms with Gasteiger partial charge in [0.15, 0.2) is 0 Å². The Morgan fingerprint density at radius 2 is 2.03 bits per heavy atom. The Morgan fingerprint density at radius 3 is 2.83 bits per heavy atom. The lowest BCUT2D eigenvalue weighted by Crippen LogP contribution is -2.36. The van der Waals surface area contributed by atoms with E-state index in [1.165, 1.54) is 7.11 Å². The summed E-state index contributed by atoms with van der Waals surface area (Å²) in [6, 6.07) is 17.6. The van der Waals surface area contributed by atoms with Crippen LogP contribution in [0.15, 0.2) is 59.0 Å². The van der Waals surface area contributed by atoms with E-state index in [-0.39, 0.29) is 12.0 Å². The predicted octanol–water partition coefficient (Wildman–Crippen LogP) is 4.37. The van der Waals surface area contributed by atoms with Crippen LogP contribution in [0.4, 0.5) is 0 Å². The normalized spacial score (nSPS) is 16.5. The molecule has 2 heterocycles. The minimum atomic E-state index is -0.159. The molecule has 1 unspecified atom stereocenters. The number of rotatable bonds is 7. The van der Waals surface area contributed by atoms with Crippen LogP contribution in [0.5, 0.6) is 5.75 Å².